The van der Waals surface area contributed by atoms with Crippen LogP contribution in [0.2, 0.25) is 0 Å². The highest BCUT2D eigenvalue weighted by molar-refractivity contribution is 5.91. The van der Waals surface area contributed by atoms with Gasteiger partial charge in [-0.15, -0.1) is 0 Å². The van der Waals surface area contributed by atoms with Crippen LogP contribution in [-0.4, -0.2) is 25.8 Å². The van der Waals surface area contributed by atoms with Gasteiger partial charge in [0.05, 0.1) is 19.9 Å². The number of carbonyl (C=O) groups excluding carboxylic acids is 1. The molecule has 4 saturated carbocycles. The molecule has 24 heavy (non-hydrogen) atoms. The summed E-state index contributed by atoms with van der Waals surface area (Å²) in [5.41, 5.74) is 0.643. The van der Waals surface area contributed by atoms with Crippen LogP contribution in [0.15, 0.2) is 18.2 Å². The van der Waals surface area contributed by atoms with Gasteiger partial charge in [-0.05, 0) is 68.4 Å². The van der Waals surface area contributed by atoms with Gasteiger partial charge in [-0.1, -0.05) is 0 Å². The number of rotatable bonds is 4. The third-order valence-corrected chi connectivity index (χ3v) is 6.07. The Kier molecular flexibility index (Phi) is 3.82. The molecule has 0 aromatic heterocycles. The van der Waals surface area contributed by atoms with Crippen LogP contribution in [0, 0.1) is 17.8 Å². The molecule has 0 spiro atoms. The molecule has 4 fully saturated rings. The molecular weight excluding hydrogens is 304 g/mol. The smallest absolute Gasteiger partial charge is 0.319 e. The minimum absolute atomic E-state index is 0.00490. The number of ether oxygens (including phenoxy) is 2. The molecule has 0 atom stereocenters. The Balaban J connectivity index is 1.47. The van der Waals surface area contributed by atoms with E-state index in [9.17, 15) is 4.79 Å². The largest absolute Gasteiger partial charge is 0.497 e. The van der Waals surface area contributed by atoms with Gasteiger partial charge >= 0.3 is 6.03 Å². The van der Waals surface area contributed by atoms with Crippen molar-refractivity contribution in [2.24, 2.45) is 17.8 Å². The van der Waals surface area contributed by atoms with Crippen molar-refractivity contribution in [1.82, 2.24) is 5.32 Å². The Hall–Kier alpha value is -1.91. The van der Waals surface area contributed by atoms with E-state index >= 15 is 0 Å². The van der Waals surface area contributed by atoms with E-state index in [4.69, 9.17) is 9.47 Å². The van der Waals surface area contributed by atoms with Crippen LogP contribution in [0.5, 0.6) is 11.5 Å². The van der Waals surface area contributed by atoms with Crippen LogP contribution in [0.25, 0.3) is 0 Å². The third kappa shape index (κ3) is 2.80. The Labute approximate surface area is 143 Å². The van der Waals surface area contributed by atoms with E-state index in [-0.39, 0.29) is 11.6 Å². The van der Waals surface area contributed by atoms with Crippen molar-refractivity contribution in [2.45, 2.75) is 44.1 Å². The number of anilines is 1. The zero-order valence-electron chi connectivity index (χ0n) is 14.4. The molecule has 2 amide bonds. The predicted molar refractivity (Wildman–Crippen MR) is 92.6 cm³/mol. The highest BCUT2D eigenvalue weighted by Gasteiger charge is 2.51. The molecule has 4 aliphatic rings. The maximum absolute atomic E-state index is 12.6. The highest BCUT2D eigenvalue weighted by Crippen LogP contribution is 2.55. The molecule has 0 heterocycles. The van der Waals surface area contributed by atoms with Crippen LogP contribution < -0.4 is 20.1 Å². The first-order chi connectivity index (χ1) is 11.6. The molecule has 5 nitrogen and oxygen atoms in total. The molecule has 130 valence electrons. The highest BCUT2D eigenvalue weighted by atomic mass is 16.5. The fraction of sp³-hybridized carbons (Fsp3) is 0.632. The van der Waals surface area contributed by atoms with Gasteiger partial charge < -0.3 is 20.1 Å². The summed E-state index contributed by atoms with van der Waals surface area (Å²) in [5.74, 6) is 3.76. The Morgan fingerprint density at radius 2 is 1.67 bits per heavy atom. The fourth-order valence-electron chi connectivity index (χ4n) is 5.57. The van der Waals surface area contributed by atoms with Crippen LogP contribution in [-0.2, 0) is 0 Å². The SMILES string of the molecule is COc1ccc(OC)c(NC(=O)NC23CC4CC(CC(C4)C2)C3)c1. The minimum atomic E-state index is -0.136. The van der Waals surface area contributed by atoms with Crippen molar-refractivity contribution < 1.29 is 14.3 Å². The standard InChI is InChI=1S/C19H26N2O3/c1-23-15-3-4-17(24-2)16(8-15)20-18(22)21-19-9-12-5-13(10-19)7-14(6-12)11-19/h3-4,8,12-14H,5-7,9-11H2,1-2H3,(H2,20,21,22). The number of benzene rings is 1. The first-order valence-electron chi connectivity index (χ1n) is 8.90. The fourth-order valence-corrected chi connectivity index (χ4v) is 5.57. The number of amides is 2. The molecule has 1 aromatic carbocycles. The van der Waals surface area contributed by atoms with E-state index < -0.39 is 0 Å². The maximum Gasteiger partial charge on any atom is 0.319 e. The van der Waals surface area contributed by atoms with Gasteiger partial charge in [-0.2, -0.15) is 0 Å². The van der Waals surface area contributed by atoms with Gasteiger partial charge in [0.2, 0.25) is 0 Å². The molecule has 5 heteroatoms. The maximum atomic E-state index is 12.6. The molecule has 0 saturated heterocycles. The van der Waals surface area contributed by atoms with Gasteiger partial charge in [0.15, 0.2) is 0 Å². The Bertz CT molecular complexity index is 608. The van der Waals surface area contributed by atoms with Crippen LogP contribution in [0.3, 0.4) is 0 Å². The first-order valence-corrected chi connectivity index (χ1v) is 8.90. The number of methoxy groups -OCH3 is 2. The van der Waals surface area contributed by atoms with Gasteiger partial charge in [0.1, 0.15) is 11.5 Å². The Morgan fingerprint density at radius 1 is 1.04 bits per heavy atom. The van der Waals surface area contributed by atoms with Crippen molar-refractivity contribution in [2.75, 3.05) is 19.5 Å². The normalized spacial score (nSPS) is 33.2. The zero-order chi connectivity index (χ0) is 16.7. The second kappa shape index (κ2) is 5.87. The lowest BCUT2D eigenvalue weighted by Gasteiger charge is -2.56. The predicted octanol–water partition coefficient (Wildman–Crippen LogP) is 3.79. The number of hydrogen-bond donors (Lipinski definition) is 2. The van der Waals surface area contributed by atoms with Crippen molar-refractivity contribution in [1.29, 1.82) is 0 Å². The average Bonchev–Trinajstić information content (AvgIpc) is 2.52. The monoisotopic (exact) mass is 330 g/mol. The average molecular weight is 330 g/mol. The van der Waals surface area contributed by atoms with Crippen molar-refractivity contribution in [3.05, 3.63) is 18.2 Å². The molecule has 5 rings (SSSR count). The van der Waals surface area contributed by atoms with Crippen molar-refractivity contribution in [3.8, 4) is 11.5 Å². The summed E-state index contributed by atoms with van der Waals surface area (Å²) in [6.45, 7) is 0. The summed E-state index contributed by atoms with van der Waals surface area (Å²) in [7, 11) is 3.21. The number of hydrogen-bond acceptors (Lipinski definition) is 3. The topological polar surface area (TPSA) is 59.6 Å². The van der Waals surface area contributed by atoms with E-state index in [0.29, 0.717) is 17.2 Å². The van der Waals surface area contributed by atoms with Gasteiger partial charge in [0, 0.05) is 11.6 Å². The third-order valence-electron chi connectivity index (χ3n) is 6.07. The number of nitrogens with one attached hydrogen (secondary N) is 2. The lowest BCUT2D eigenvalue weighted by Crippen LogP contribution is -2.60. The zero-order valence-corrected chi connectivity index (χ0v) is 14.4. The second-order valence-electron chi connectivity index (χ2n) is 7.84. The van der Waals surface area contributed by atoms with E-state index in [1.54, 1.807) is 26.4 Å². The summed E-state index contributed by atoms with van der Waals surface area (Å²) < 4.78 is 10.6. The second-order valence-corrected chi connectivity index (χ2v) is 7.84. The van der Waals surface area contributed by atoms with Crippen LogP contribution in [0.4, 0.5) is 10.5 Å². The van der Waals surface area contributed by atoms with Gasteiger partial charge in [0.25, 0.3) is 0 Å². The summed E-state index contributed by atoms with van der Waals surface area (Å²) in [5, 5.41) is 6.27. The number of carbonyl (C=O) groups is 1. The minimum Gasteiger partial charge on any atom is -0.497 e. The summed E-state index contributed by atoms with van der Waals surface area (Å²) >= 11 is 0. The molecule has 4 bridgehead atoms. The lowest BCUT2D eigenvalue weighted by atomic mass is 9.53. The van der Waals surface area contributed by atoms with Gasteiger partial charge in [-0.3, -0.25) is 0 Å². The Morgan fingerprint density at radius 3 is 2.21 bits per heavy atom. The summed E-state index contributed by atoms with van der Waals surface area (Å²) in [6, 6.07) is 5.28. The molecule has 0 unspecified atom stereocenters. The van der Waals surface area contributed by atoms with Crippen molar-refractivity contribution >= 4 is 11.7 Å². The molecule has 0 aliphatic heterocycles. The quantitative estimate of drug-likeness (QED) is 0.883. The van der Waals surface area contributed by atoms with E-state index in [0.717, 1.165) is 37.0 Å². The molecular formula is C19H26N2O3. The van der Waals surface area contributed by atoms with Crippen LogP contribution >= 0.6 is 0 Å². The van der Waals surface area contributed by atoms with Crippen molar-refractivity contribution in [3.63, 3.8) is 0 Å². The number of urea groups is 1. The van der Waals surface area contributed by atoms with E-state index in [1.165, 1.54) is 19.3 Å². The summed E-state index contributed by atoms with van der Waals surface area (Å²) in [6.07, 6.45) is 7.52. The van der Waals surface area contributed by atoms with E-state index in [1.807, 2.05) is 6.07 Å². The summed E-state index contributed by atoms with van der Waals surface area (Å²) in [4.78, 5) is 12.6. The van der Waals surface area contributed by atoms with Crippen LogP contribution in [0.1, 0.15) is 38.5 Å². The molecule has 0 radical (unpaired) electrons. The molecule has 2 N–H and O–H groups in total. The van der Waals surface area contributed by atoms with Gasteiger partial charge in [-0.25, -0.2) is 4.79 Å². The molecule has 4 aliphatic carbocycles. The van der Waals surface area contributed by atoms with E-state index in [2.05, 4.69) is 10.6 Å². The first kappa shape index (κ1) is 15.6. The molecule has 1 aromatic rings. The lowest BCUT2D eigenvalue weighted by molar-refractivity contribution is -0.0127.